The summed E-state index contributed by atoms with van der Waals surface area (Å²) in [5.41, 5.74) is 6.09. The molecule has 3 heterocycles. The summed E-state index contributed by atoms with van der Waals surface area (Å²) in [4.78, 5) is 42.8. The largest absolute Gasteiger partial charge is 0.436 e. The molecule has 1 aliphatic rings. The molecule has 0 atom stereocenters. The summed E-state index contributed by atoms with van der Waals surface area (Å²) in [6.45, 7) is 1.84. The van der Waals surface area contributed by atoms with Crippen LogP contribution in [-0.4, -0.2) is 62.7 Å². The smallest absolute Gasteiger partial charge is 0.253 e. The lowest BCUT2D eigenvalue weighted by Gasteiger charge is -2.35. The van der Waals surface area contributed by atoms with Gasteiger partial charge in [-0.2, -0.15) is 0 Å². The molecule has 0 aliphatic carbocycles. The molecule has 0 saturated carbocycles. The van der Waals surface area contributed by atoms with Crippen molar-refractivity contribution < 1.29 is 14.0 Å². The van der Waals surface area contributed by atoms with Crippen LogP contribution in [0.25, 0.3) is 45.0 Å². The van der Waals surface area contributed by atoms with E-state index in [-0.39, 0.29) is 11.8 Å². The standard InChI is InChI=1S/C32H25N5O3/c38-31(23-9-5-7-21(19-23)29-33-25-11-1-2-12-26(25)34-29)36-15-17-37(18-16-36)32(39)24-10-6-8-22(20-24)30-35-27-13-3-4-14-28(27)40-30/h1-14,19-20H,15-18H2,(H,33,34). The van der Waals surface area contributed by atoms with E-state index in [1.54, 1.807) is 15.9 Å². The molecular weight excluding hydrogens is 502 g/mol. The zero-order valence-corrected chi connectivity index (χ0v) is 21.6. The number of piperazine rings is 1. The van der Waals surface area contributed by atoms with E-state index in [0.29, 0.717) is 48.8 Å². The van der Waals surface area contributed by atoms with Gasteiger partial charge in [0.25, 0.3) is 11.8 Å². The Labute approximate surface area is 229 Å². The number of carbonyl (C=O) groups is 2. The van der Waals surface area contributed by atoms with Crippen LogP contribution in [0.3, 0.4) is 0 Å². The van der Waals surface area contributed by atoms with Crippen molar-refractivity contribution in [3.05, 3.63) is 108 Å². The van der Waals surface area contributed by atoms with Gasteiger partial charge in [-0.3, -0.25) is 9.59 Å². The number of benzene rings is 4. The van der Waals surface area contributed by atoms with Gasteiger partial charge in [-0.25, -0.2) is 9.97 Å². The molecule has 2 amide bonds. The average molecular weight is 528 g/mol. The molecule has 196 valence electrons. The predicted molar refractivity (Wildman–Crippen MR) is 153 cm³/mol. The van der Waals surface area contributed by atoms with Crippen molar-refractivity contribution in [2.75, 3.05) is 26.2 Å². The first-order valence-electron chi connectivity index (χ1n) is 13.2. The first-order chi connectivity index (χ1) is 19.6. The molecule has 2 aromatic heterocycles. The summed E-state index contributed by atoms with van der Waals surface area (Å²) >= 11 is 0. The first-order valence-corrected chi connectivity index (χ1v) is 13.2. The van der Waals surface area contributed by atoms with Crippen LogP contribution in [0.15, 0.2) is 101 Å². The molecule has 1 aliphatic heterocycles. The lowest BCUT2D eigenvalue weighted by atomic mass is 10.1. The zero-order chi connectivity index (χ0) is 27.1. The minimum absolute atomic E-state index is 0.0528. The maximum Gasteiger partial charge on any atom is 0.253 e. The Morgan fingerprint density at radius 3 is 1.93 bits per heavy atom. The normalized spacial score (nSPS) is 13.7. The second-order valence-corrected chi connectivity index (χ2v) is 9.84. The van der Waals surface area contributed by atoms with Gasteiger partial charge in [0.2, 0.25) is 5.89 Å². The Hall–Kier alpha value is -5.24. The Balaban J connectivity index is 1.03. The fourth-order valence-electron chi connectivity index (χ4n) is 5.15. The van der Waals surface area contributed by atoms with E-state index in [1.807, 2.05) is 91.0 Å². The molecular formula is C32H25N5O3. The number of oxazole rings is 1. The molecule has 8 nitrogen and oxygen atoms in total. The van der Waals surface area contributed by atoms with Gasteiger partial charge < -0.3 is 19.2 Å². The lowest BCUT2D eigenvalue weighted by Crippen LogP contribution is -2.50. The highest BCUT2D eigenvalue weighted by atomic mass is 16.3. The van der Waals surface area contributed by atoms with Crippen LogP contribution < -0.4 is 0 Å². The van der Waals surface area contributed by atoms with Crippen LogP contribution in [0.1, 0.15) is 20.7 Å². The number of carbonyl (C=O) groups excluding carboxylic acids is 2. The summed E-state index contributed by atoms with van der Waals surface area (Å²) in [6, 6.07) is 30.3. The van der Waals surface area contributed by atoms with E-state index >= 15 is 0 Å². The van der Waals surface area contributed by atoms with Crippen molar-refractivity contribution in [2.45, 2.75) is 0 Å². The molecule has 7 rings (SSSR count). The number of nitrogens with zero attached hydrogens (tertiary/aromatic N) is 4. The van der Waals surface area contributed by atoms with Crippen LogP contribution in [0.5, 0.6) is 0 Å². The molecule has 0 spiro atoms. The molecule has 1 saturated heterocycles. The fourth-order valence-corrected chi connectivity index (χ4v) is 5.15. The Morgan fingerprint density at radius 1 is 0.650 bits per heavy atom. The number of hydrogen-bond donors (Lipinski definition) is 1. The topological polar surface area (TPSA) is 95.3 Å². The van der Waals surface area contributed by atoms with Crippen molar-refractivity contribution in [3.63, 3.8) is 0 Å². The number of aromatic nitrogens is 3. The molecule has 0 bridgehead atoms. The maximum atomic E-state index is 13.4. The molecule has 40 heavy (non-hydrogen) atoms. The van der Waals surface area contributed by atoms with Gasteiger partial charge in [0, 0.05) is 48.4 Å². The van der Waals surface area contributed by atoms with Gasteiger partial charge in [-0.05, 0) is 54.6 Å². The Bertz CT molecular complexity index is 1680. The van der Waals surface area contributed by atoms with Crippen molar-refractivity contribution >= 4 is 33.9 Å². The molecule has 1 N–H and O–H groups in total. The summed E-state index contributed by atoms with van der Waals surface area (Å²) in [7, 11) is 0. The van der Waals surface area contributed by atoms with Gasteiger partial charge in [0.05, 0.1) is 11.0 Å². The second-order valence-electron chi connectivity index (χ2n) is 9.84. The summed E-state index contributed by atoms with van der Waals surface area (Å²) in [5.74, 6) is 1.09. The number of hydrogen-bond acceptors (Lipinski definition) is 5. The summed E-state index contributed by atoms with van der Waals surface area (Å²) in [6.07, 6.45) is 0. The van der Waals surface area contributed by atoms with E-state index < -0.39 is 0 Å². The monoisotopic (exact) mass is 527 g/mol. The van der Waals surface area contributed by atoms with Crippen LogP contribution >= 0.6 is 0 Å². The number of rotatable bonds is 4. The number of fused-ring (bicyclic) bond motifs is 2. The Morgan fingerprint density at radius 2 is 1.25 bits per heavy atom. The van der Waals surface area contributed by atoms with Crippen molar-refractivity contribution in [1.82, 2.24) is 24.8 Å². The molecule has 4 aromatic carbocycles. The number of H-pyrrole nitrogens is 1. The predicted octanol–water partition coefficient (Wildman–Crippen LogP) is 5.64. The van der Waals surface area contributed by atoms with E-state index in [0.717, 1.165) is 33.5 Å². The van der Waals surface area contributed by atoms with Gasteiger partial charge in [-0.1, -0.05) is 42.5 Å². The summed E-state index contributed by atoms with van der Waals surface area (Å²) in [5, 5.41) is 0. The van der Waals surface area contributed by atoms with Gasteiger partial charge in [-0.15, -0.1) is 0 Å². The molecule has 8 heteroatoms. The highest BCUT2D eigenvalue weighted by Crippen LogP contribution is 2.26. The SMILES string of the molecule is O=C(c1cccc(-c2nc3ccccc3[nH]2)c1)N1CCN(C(=O)c2cccc(-c3nc4ccccc4o3)c2)CC1. The summed E-state index contributed by atoms with van der Waals surface area (Å²) < 4.78 is 5.88. The zero-order valence-electron chi connectivity index (χ0n) is 21.6. The Kier molecular flexibility index (Phi) is 5.85. The van der Waals surface area contributed by atoms with Gasteiger partial charge >= 0.3 is 0 Å². The van der Waals surface area contributed by atoms with Crippen LogP contribution in [-0.2, 0) is 0 Å². The van der Waals surface area contributed by atoms with E-state index in [2.05, 4.69) is 15.0 Å². The average Bonchev–Trinajstić information content (AvgIpc) is 3.65. The quantitative estimate of drug-likeness (QED) is 0.320. The van der Waals surface area contributed by atoms with Crippen molar-refractivity contribution in [3.8, 4) is 22.8 Å². The van der Waals surface area contributed by atoms with Crippen LogP contribution in [0.2, 0.25) is 0 Å². The lowest BCUT2D eigenvalue weighted by molar-refractivity contribution is 0.0535. The van der Waals surface area contributed by atoms with E-state index in [9.17, 15) is 9.59 Å². The second kappa shape index (κ2) is 9.81. The number of nitrogens with one attached hydrogen (secondary N) is 1. The van der Waals surface area contributed by atoms with Crippen molar-refractivity contribution in [2.24, 2.45) is 0 Å². The van der Waals surface area contributed by atoms with Gasteiger partial charge in [0.15, 0.2) is 5.58 Å². The maximum absolute atomic E-state index is 13.4. The third-order valence-electron chi connectivity index (χ3n) is 7.28. The minimum atomic E-state index is -0.0723. The van der Waals surface area contributed by atoms with Crippen molar-refractivity contribution in [1.29, 1.82) is 0 Å². The third kappa shape index (κ3) is 4.39. The number of aromatic amines is 1. The van der Waals surface area contributed by atoms with E-state index in [1.165, 1.54) is 0 Å². The van der Waals surface area contributed by atoms with E-state index in [4.69, 9.17) is 4.42 Å². The highest BCUT2D eigenvalue weighted by molar-refractivity contribution is 5.97. The van der Waals surface area contributed by atoms with Gasteiger partial charge in [0.1, 0.15) is 11.3 Å². The third-order valence-corrected chi connectivity index (χ3v) is 7.28. The number of para-hydroxylation sites is 4. The molecule has 0 radical (unpaired) electrons. The molecule has 6 aromatic rings. The number of amides is 2. The van der Waals surface area contributed by atoms with Crippen LogP contribution in [0.4, 0.5) is 0 Å². The minimum Gasteiger partial charge on any atom is -0.436 e. The fraction of sp³-hybridized carbons (Fsp3) is 0.125. The first kappa shape index (κ1) is 23.8. The molecule has 0 unspecified atom stereocenters. The molecule has 1 fully saturated rings. The van der Waals surface area contributed by atoms with Crippen LogP contribution in [0, 0.1) is 0 Å². The highest BCUT2D eigenvalue weighted by Gasteiger charge is 2.26. The number of imidazole rings is 1.